The van der Waals surface area contributed by atoms with E-state index in [1.165, 1.54) is 0 Å². The van der Waals surface area contributed by atoms with Crippen molar-refractivity contribution in [2.45, 2.75) is 29.7 Å². The van der Waals surface area contributed by atoms with Crippen LogP contribution in [0.4, 0.5) is 0 Å². The Hall–Kier alpha value is -0.480. The fraction of sp³-hybridized carbons (Fsp3) is 0.500. The molecule has 0 unspecified atom stereocenters. The Morgan fingerprint density at radius 2 is 1.85 bits per heavy atom. The van der Waals surface area contributed by atoms with Gasteiger partial charge in [-0.05, 0) is 18.6 Å². The van der Waals surface area contributed by atoms with Crippen LogP contribution in [0.1, 0.15) is 28.8 Å². The van der Waals surface area contributed by atoms with Gasteiger partial charge in [0.25, 0.3) is 9.70 Å². The van der Waals surface area contributed by atoms with Crippen LogP contribution in [0.5, 0.6) is 0 Å². The van der Waals surface area contributed by atoms with Crippen LogP contribution in [0.25, 0.3) is 0 Å². The zero-order chi connectivity index (χ0) is 14.8. The summed E-state index contributed by atoms with van der Waals surface area (Å²) in [4.78, 5) is 13.5. The number of likely N-dealkylation sites (tertiary alicyclic amines) is 1. The number of amides is 1. The van der Waals surface area contributed by atoms with Gasteiger partial charge < -0.3 is 4.90 Å². The van der Waals surface area contributed by atoms with E-state index < -0.39 is 9.96 Å². The van der Waals surface area contributed by atoms with Gasteiger partial charge >= 0.3 is 0 Å². The maximum Gasteiger partial charge on any atom is 0.262 e. The highest BCUT2D eigenvalue weighted by molar-refractivity contribution is 6.68. The lowest BCUT2D eigenvalue weighted by Crippen LogP contribution is -3.17. The summed E-state index contributed by atoms with van der Waals surface area (Å²) in [6, 6.07) is 7.39. The molecule has 6 heteroatoms. The predicted octanol–water partition coefficient (Wildman–Crippen LogP) is 2.10. The molecule has 1 amide bonds. The second-order valence-electron chi connectivity index (χ2n) is 5.13. The van der Waals surface area contributed by atoms with Crippen molar-refractivity contribution in [2.75, 3.05) is 13.1 Å². The number of nitrogens with one attached hydrogen (secondary N) is 2. The van der Waals surface area contributed by atoms with Gasteiger partial charge in [0.15, 0.2) is 0 Å². The minimum absolute atomic E-state index is 0.196. The largest absolute Gasteiger partial charge is 0.312 e. The highest BCUT2D eigenvalue weighted by atomic mass is 35.6. The second-order valence-corrected chi connectivity index (χ2v) is 7.50. The van der Waals surface area contributed by atoms with Crippen LogP contribution in [0.2, 0.25) is 0 Å². The molecule has 2 rings (SSSR count). The van der Waals surface area contributed by atoms with Crippen LogP contribution in [0.3, 0.4) is 0 Å². The van der Waals surface area contributed by atoms with Gasteiger partial charge in [-0.3, -0.25) is 10.1 Å². The highest BCUT2D eigenvalue weighted by Gasteiger charge is 2.43. The molecule has 20 heavy (non-hydrogen) atoms. The molecule has 2 N–H and O–H groups in total. The van der Waals surface area contributed by atoms with Gasteiger partial charge in [-0.2, -0.15) is 0 Å². The van der Waals surface area contributed by atoms with Gasteiger partial charge in [0.05, 0.1) is 13.1 Å². The Bertz CT molecular complexity index is 482. The van der Waals surface area contributed by atoms with Crippen LogP contribution in [-0.2, 0) is 0 Å². The summed E-state index contributed by atoms with van der Waals surface area (Å²) in [6.45, 7) is 3.71. The zero-order valence-corrected chi connectivity index (χ0v) is 13.5. The van der Waals surface area contributed by atoms with Gasteiger partial charge in [-0.25, -0.2) is 0 Å². The molecule has 1 aliphatic heterocycles. The molecular weight excluding hydrogens is 319 g/mol. The van der Waals surface area contributed by atoms with E-state index in [-0.39, 0.29) is 5.91 Å². The average Bonchev–Trinajstić information content (AvgIpc) is 2.88. The van der Waals surface area contributed by atoms with Crippen molar-refractivity contribution in [1.29, 1.82) is 0 Å². The molecule has 0 spiro atoms. The molecule has 1 heterocycles. The van der Waals surface area contributed by atoms with Crippen molar-refractivity contribution in [3.8, 4) is 0 Å². The van der Waals surface area contributed by atoms with E-state index >= 15 is 0 Å². The smallest absolute Gasteiger partial charge is 0.262 e. The minimum Gasteiger partial charge on any atom is -0.312 e. The molecule has 110 valence electrons. The van der Waals surface area contributed by atoms with E-state index in [0.29, 0.717) is 5.56 Å². The molecule has 0 bridgehead atoms. The molecule has 1 aliphatic rings. The summed E-state index contributed by atoms with van der Waals surface area (Å²) < 4.78 is -1.52. The summed E-state index contributed by atoms with van der Waals surface area (Å²) in [6.07, 6.45) is 1.65. The summed E-state index contributed by atoms with van der Waals surface area (Å²) >= 11 is 18.1. The highest BCUT2D eigenvalue weighted by Crippen LogP contribution is 2.28. The first-order valence-corrected chi connectivity index (χ1v) is 7.81. The quantitative estimate of drug-likeness (QED) is 0.814. The van der Waals surface area contributed by atoms with E-state index in [4.69, 9.17) is 34.8 Å². The molecular formula is C14H18Cl3N2O+. The van der Waals surface area contributed by atoms with Crippen LogP contribution in [0.15, 0.2) is 24.3 Å². The van der Waals surface area contributed by atoms with E-state index in [9.17, 15) is 4.79 Å². The van der Waals surface area contributed by atoms with Crippen molar-refractivity contribution in [3.63, 3.8) is 0 Å². The van der Waals surface area contributed by atoms with Crippen molar-refractivity contribution in [1.82, 2.24) is 5.32 Å². The average molecular weight is 337 g/mol. The summed E-state index contributed by atoms with van der Waals surface area (Å²) in [5.74, 6) is -0.196. The van der Waals surface area contributed by atoms with Gasteiger partial charge in [0.1, 0.15) is 0 Å². The van der Waals surface area contributed by atoms with Gasteiger partial charge in [0, 0.05) is 18.4 Å². The SMILES string of the molecule is Cc1ccccc1C(=O)N[C@@H]([NH+]1CCCC1)C(Cl)(Cl)Cl. The molecule has 0 radical (unpaired) electrons. The van der Waals surface area contributed by atoms with Gasteiger partial charge in [-0.1, -0.05) is 53.0 Å². The number of hydrogen-bond donors (Lipinski definition) is 2. The topological polar surface area (TPSA) is 33.5 Å². The first-order chi connectivity index (χ1) is 9.39. The van der Waals surface area contributed by atoms with Crippen LogP contribution in [-0.4, -0.2) is 29.0 Å². The maximum absolute atomic E-state index is 12.4. The zero-order valence-electron chi connectivity index (χ0n) is 11.3. The van der Waals surface area contributed by atoms with E-state index in [1.807, 2.05) is 25.1 Å². The fourth-order valence-corrected chi connectivity index (χ4v) is 3.20. The molecule has 0 aromatic heterocycles. The number of benzene rings is 1. The van der Waals surface area contributed by atoms with Crippen LogP contribution in [0, 0.1) is 6.92 Å². The second kappa shape index (κ2) is 6.52. The number of halogens is 3. The lowest BCUT2D eigenvalue weighted by molar-refractivity contribution is -0.915. The number of aryl methyl sites for hydroxylation is 1. The maximum atomic E-state index is 12.4. The first kappa shape index (κ1) is 15.9. The molecule has 1 atom stereocenters. The Morgan fingerprint density at radius 3 is 2.40 bits per heavy atom. The molecule has 1 aromatic carbocycles. The molecule has 1 fully saturated rings. The molecule has 3 nitrogen and oxygen atoms in total. The lowest BCUT2D eigenvalue weighted by Gasteiger charge is -2.30. The van der Waals surface area contributed by atoms with E-state index in [1.54, 1.807) is 6.07 Å². The van der Waals surface area contributed by atoms with Gasteiger partial charge in [-0.15, -0.1) is 0 Å². The summed E-state index contributed by atoms with van der Waals surface area (Å²) in [7, 11) is 0. The Balaban J connectivity index is 2.16. The minimum atomic E-state index is -1.52. The third-order valence-corrected chi connectivity index (χ3v) is 4.30. The summed E-state index contributed by atoms with van der Waals surface area (Å²) in [5.41, 5.74) is 1.52. The van der Waals surface area contributed by atoms with Crippen molar-refractivity contribution >= 4 is 40.7 Å². The van der Waals surface area contributed by atoms with Crippen LogP contribution < -0.4 is 10.2 Å². The van der Waals surface area contributed by atoms with Gasteiger partial charge in [0.2, 0.25) is 6.17 Å². The molecule has 0 saturated carbocycles. The fourth-order valence-electron chi connectivity index (χ4n) is 2.57. The Labute approximate surface area is 134 Å². The number of hydrogen-bond acceptors (Lipinski definition) is 1. The number of carbonyl (C=O) groups is 1. The molecule has 1 aromatic rings. The lowest BCUT2D eigenvalue weighted by atomic mass is 10.1. The third-order valence-electron chi connectivity index (χ3n) is 3.65. The normalized spacial score (nSPS) is 18.0. The van der Waals surface area contributed by atoms with Crippen molar-refractivity contribution in [3.05, 3.63) is 35.4 Å². The number of carbonyl (C=O) groups excluding carboxylic acids is 1. The summed E-state index contributed by atoms with van der Waals surface area (Å²) in [5, 5.41) is 2.88. The molecule has 1 saturated heterocycles. The number of quaternary nitrogens is 1. The van der Waals surface area contributed by atoms with Crippen LogP contribution >= 0.6 is 34.8 Å². The van der Waals surface area contributed by atoms with Crippen molar-refractivity contribution in [2.24, 2.45) is 0 Å². The Morgan fingerprint density at radius 1 is 1.25 bits per heavy atom. The monoisotopic (exact) mass is 335 g/mol. The van der Waals surface area contributed by atoms with E-state index in [2.05, 4.69) is 5.32 Å². The third kappa shape index (κ3) is 3.79. The number of alkyl halides is 3. The first-order valence-electron chi connectivity index (χ1n) is 6.67. The standard InChI is InChI=1S/C14H17Cl3N2O/c1-10-6-2-3-7-11(10)12(20)18-13(14(15,16)17)19-8-4-5-9-19/h2-3,6-7,13H,4-5,8-9H2,1H3,(H,18,20)/p+1/t13-/m0/s1. The molecule has 0 aliphatic carbocycles. The van der Waals surface area contributed by atoms with E-state index in [0.717, 1.165) is 36.4 Å². The Kier molecular flexibility index (Phi) is 5.19. The van der Waals surface area contributed by atoms with Crippen molar-refractivity contribution < 1.29 is 9.69 Å². The number of rotatable bonds is 3. The predicted molar refractivity (Wildman–Crippen MR) is 82.7 cm³/mol.